The van der Waals surface area contributed by atoms with Gasteiger partial charge in [0.15, 0.2) is 5.60 Å². The number of rotatable bonds is 9. The number of ether oxygens (including phenoxy) is 1. The van der Waals surface area contributed by atoms with Crippen LogP contribution in [0.4, 0.5) is 9.80 Å². The number of aromatic nitrogens is 3. The minimum Gasteiger partial charge on any atom is -0.395 e. The molecule has 7 nitrogen and oxygen atoms in total. The fourth-order valence-corrected chi connectivity index (χ4v) is 10.7. The highest BCUT2D eigenvalue weighted by atomic mass is 127. The summed E-state index contributed by atoms with van der Waals surface area (Å²) in [5, 5.41) is 18.8. The molecule has 2 aliphatic rings. The highest BCUT2D eigenvalue weighted by molar-refractivity contribution is 14.1. The first-order valence-electron chi connectivity index (χ1n) is 14.8. The molecular formula is C33H35BrFIN4O3Si. The van der Waals surface area contributed by atoms with Crippen molar-refractivity contribution in [3.05, 3.63) is 109 Å². The van der Waals surface area contributed by atoms with Gasteiger partial charge < -0.3 is 18.9 Å². The van der Waals surface area contributed by atoms with Gasteiger partial charge in [0.05, 0.1) is 36.6 Å². The Balaban J connectivity index is 1.30. The van der Waals surface area contributed by atoms with E-state index in [9.17, 15) is 9.90 Å². The van der Waals surface area contributed by atoms with Gasteiger partial charge in [-0.2, -0.15) is 0 Å². The van der Waals surface area contributed by atoms with Gasteiger partial charge >= 0.3 is 0 Å². The third-order valence-corrected chi connectivity index (χ3v) is 12.7. The van der Waals surface area contributed by atoms with Gasteiger partial charge in [0, 0.05) is 37.8 Å². The number of anilines is 1. The van der Waals surface area contributed by atoms with E-state index in [1.54, 1.807) is 22.7 Å². The van der Waals surface area contributed by atoms with E-state index in [0.29, 0.717) is 25.2 Å². The van der Waals surface area contributed by atoms with Crippen molar-refractivity contribution in [3.8, 4) is 0 Å². The Kier molecular flexibility index (Phi) is 8.88. The lowest BCUT2D eigenvalue weighted by Gasteiger charge is -2.31. The van der Waals surface area contributed by atoms with E-state index >= 15 is 4.11 Å². The molecule has 3 aromatic carbocycles. The Morgan fingerprint density at radius 2 is 1.91 bits per heavy atom. The number of aryl methyl sites for hydroxylation is 1. The molecule has 5 atom stereocenters. The molecule has 1 saturated heterocycles. The zero-order chi connectivity index (χ0) is 31.2. The van der Waals surface area contributed by atoms with Crippen LogP contribution in [0.25, 0.3) is 0 Å². The first-order chi connectivity index (χ1) is 21.0. The van der Waals surface area contributed by atoms with Crippen LogP contribution < -0.4 is 4.90 Å². The lowest BCUT2D eigenvalue weighted by molar-refractivity contribution is -0.146. The van der Waals surface area contributed by atoms with E-state index in [1.165, 1.54) is 0 Å². The number of nitrogens with zero attached hydrogens (tertiary/aromatic N) is 4. The maximum Gasteiger partial charge on any atom is 0.264 e. The average Bonchev–Trinajstić information content (AvgIpc) is 3.63. The third-order valence-electron chi connectivity index (χ3n) is 9.09. The molecular weight excluding hydrogens is 754 g/mol. The van der Waals surface area contributed by atoms with Crippen molar-refractivity contribution >= 4 is 58.5 Å². The number of hydrogen-bond donors (Lipinski definition) is 1. The number of aliphatic hydroxyl groups is 1. The van der Waals surface area contributed by atoms with Crippen molar-refractivity contribution in [3.63, 3.8) is 0 Å². The van der Waals surface area contributed by atoms with Gasteiger partial charge in [0.1, 0.15) is 0 Å². The Bertz CT molecular complexity index is 1670. The normalized spacial score (nSPS) is 23.8. The Labute approximate surface area is 280 Å². The van der Waals surface area contributed by atoms with Gasteiger partial charge in [-0.3, -0.25) is 9.48 Å². The minimum absolute atomic E-state index is 0.0894. The van der Waals surface area contributed by atoms with Crippen LogP contribution in [-0.4, -0.2) is 47.1 Å². The van der Waals surface area contributed by atoms with Gasteiger partial charge in [0.2, 0.25) is 8.41 Å². The van der Waals surface area contributed by atoms with Crippen LogP contribution in [0.3, 0.4) is 0 Å². The molecule has 1 spiro atoms. The molecule has 3 heterocycles. The van der Waals surface area contributed by atoms with Crippen molar-refractivity contribution < 1.29 is 18.7 Å². The minimum atomic E-state index is -3.30. The van der Waals surface area contributed by atoms with Crippen LogP contribution in [0, 0.1) is 9.49 Å². The summed E-state index contributed by atoms with van der Waals surface area (Å²) in [6.45, 7) is 6.17. The molecule has 6 rings (SSSR count). The summed E-state index contributed by atoms with van der Waals surface area (Å²) in [6.07, 6.45) is 1.83. The van der Waals surface area contributed by atoms with E-state index in [4.69, 9.17) is 4.74 Å². The second-order valence-electron chi connectivity index (χ2n) is 12.3. The Hall–Kier alpha value is -2.45. The molecule has 1 fully saturated rings. The second-order valence-corrected chi connectivity index (χ2v) is 18.3. The molecule has 0 radical (unpaired) electrons. The summed E-state index contributed by atoms with van der Waals surface area (Å²) in [5.74, 6) is -0.797. The van der Waals surface area contributed by atoms with Crippen molar-refractivity contribution in [2.24, 2.45) is 5.92 Å². The monoisotopic (exact) mass is 788 g/mol. The molecule has 230 valence electrons. The molecule has 11 heteroatoms. The van der Waals surface area contributed by atoms with Gasteiger partial charge in [-0.05, 0) is 83.6 Å². The van der Waals surface area contributed by atoms with E-state index in [0.717, 1.165) is 30.4 Å². The molecule has 1 unspecified atom stereocenters. The number of halogens is 3. The summed E-state index contributed by atoms with van der Waals surface area (Å²) in [4.78, 5) is 16.4. The van der Waals surface area contributed by atoms with Gasteiger partial charge in [0.25, 0.3) is 5.91 Å². The van der Waals surface area contributed by atoms with Crippen LogP contribution in [0.15, 0.2) is 83.5 Å². The summed E-state index contributed by atoms with van der Waals surface area (Å²) in [6, 6.07) is 23.7. The fourth-order valence-electron chi connectivity index (χ4n) is 7.16. The lowest BCUT2D eigenvalue weighted by atomic mass is 9.82. The summed E-state index contributed by atoms with van der Waals surface area (Å²) in [5.41, 5.74) is 2.55. The predicted octanol–water partition coefficient (Wildman–Crippen LogP) is 7.18. The highest BCUT2D eigenvalue weighted by Gasteiger charge is 2.66. The van der Waals surface area contributed by atoms with Crippen molar-refractivity contribution in [2.75, 3.05) is 11.5 Å². The molecule has 4 aromatic rings. The average molecular weight is 790 g/mol. The van der Waals surface area contributed by atoms with Crippen LogP contribution in [0.1, 0.15) is 41.6 Å². The first-order valence-corrected chi connectivity index (χ1v) is 19.6. The van der Waals surface area contributed by atoms with E-state index < -0.39 is 25.7 Å². The van der Waals surface area contributed by atoms with E-state index in [1.807, 2.05) is 79.9 Å². The molecule has 2 aliphatic heterocycles. The van der Waals surface area contributed by atoms with Crippen LogP contribution in [0.2, 0.25) is 18.6 Å². The molecule has 1 aromatic heterocycles. The number of hydrogen-bond acceptors (Lipinski definition) is 5. The topological polar surface area (TPSA) is 80.5 Å². The van der Waals surface area contributed by atoms with Gasteiger partial charge in [-0.15, -0.1) is 5.10 Å². The first kappa shape index (κ1) is 31.5. The summed E-state index contributed by atoms with van der Waals surface area (Å²) >= 11 is 5.89. The Morgan fingerprint density at radius 3 is 2.61 bits per heavy atom. The number of aliphatic hydroxyl groups excluding tert-OH is 1. The van der Waals surface area contributed by atoms with E-state index in [-0.39, 0.29) is 24.3 Å². The molecule has 44 heavy (non-hydrogen) atoms. The number of carbonyl (C=O) groups excluding carboxylic acids is 1. The zero-order valence-corrected chi connectivity index (χ0v) is 29.6. The fraction of sp³-hybridized carbons (Fsp3) is 0.364. The van der Waals surface area contributed by atoms with Crippen molar-refractivity contribution in [1.82, 2.24) is 15.0 Å². The standard InChI is InChI=1S/C33H35BrFIN4O3Si/c1-21-31(44(2,3)35)30(14-15-39-19-28(37-38-39)26(20-41)23-9-5-4-6-10-23)43-33(21)27-17-24(34)12-13-29(27)40(32(33)42)18-22-8-7-11-25(36)16-22/h4-13,16-17,19,21,26,30-31,41H,14-15,18,20H2,1-3H3/t21-,26?,30+,31-,33+/m1/s1. The molecule has 1 N–H and O–H groups in total. The molecule has 1 amide bonds. The predicted molar refractivity (Wildman–Crippen MR) is 183 cm³/mol. The summed E-state index contributed by atoms with van der Waals surface area (Å²) in [7, 11) is -3.30. The van der Waals surface area contributed by atoms with Crippen molar-refractivity contribution in [2.45, 2.75) is 62.7 Å². The summed E-state index contributed by atoms with van der Waals surface area (Å²) < 4.78 is 26.8. The van der Waals surface area contributed by atoms with Gasteiger partial charge in [-0.1, -0.05) is 70.5 Å². The van der Waals surface area contributed by atoms with Crippen molar-refractivity contribution in [1.29, 1.82) is 0 Å². The smallest absolute Gasteiger partial charge is 0.264 e. The SMILES string of the molecule is C[C@@H]1[C@@H]([Si](C)(C)F)[C@H](CCn2cc(C(CO)c3ccccc3)nn2)O[C@@]12C(=O)N(Cc1cccc(I)c1)c1ccc(Br)cc12. The maximum absolute atomic E-state index is 16.2. The molecule has 0 bridgehead atoms. The molecule has 0 aliphatic carbocycles. The maximum atomic E-state index is 16.2. The van der Waals surface area contributed by atoms with E-state index in [2.05, 4.69) is 54.9 Å². The van der Waals surface area contributed by atoms with Crippen LogP contribution in [-0.2, 0) is 28.2 Å². The number of carbonyl (C=O) groups is 1. The van der Waals surface area contributed by atoms with Crippen LogP contribution in [0.5, 0.6) is 0 Å². The quantitative estimate of drug-likeness (QED) is 0.111. The van der Waals surface area contributed by atoms with Crippen LogP contribution >= 0.6 is 38.5 Å². The zero-order valence-electron chi connectivity index (χ0n) is 24.8. The van der Waals surface area contributed by atoms with Gasteiger partial charge in [-0.25, -0.2) is 0 Å². The number of benzene rings is 3. The lowest BCUT2D eigenvalue weighted by Crippen LogP contribution is -2.45. The molecule has 0 saturated carbocycles. The third kappa shape index (κ3) is 5.70. The second kappa shape index (κ2) is 12.4. The number of amides is 1. The number of fused-ring (bicyclic) bond motifs is 2. The Morgan fingerprint density at radius 1 is 1.14 bits per heavy atom. The highest BCUT2D eigenvalue weighted by Crippen LogP contribution is 2.60. The largest absolute Gasteiger partial charge is 0.395 e.